The lowest BCUT2D eigenvalue weighted by molar-refractivity contribution is -0.139. The Kier molecular flexibility index (Phi) is 10.2. The highest BCUT2D eigenvalue weighted by Gasteiger charge is 2.32. The summed E-state index contributed by atoms with van der Waals surface area (Å²) < 4.78 is 17.3. The molecule has 0 aromatic heterocycles. The average Bonchev–Trinajstić information content (AvgIpc) is 3.06. The minimum absolute atomic E-state index is 0.186. The first-order valence-corrected chi connectivity index (χ1v) is 14.9. The zero-order valence-electron chi connectivity index (χ0n) is 25.2. The molecule has 0 fully saturated rings. The molecule has 4 aromatic rings. The summed E-state index contributed by atoms with van der Waals surface area (Å²) in [4.78, 5) is 25.7. The molecular formula is C35H31N5O5S. The Labute approximate surface area is 271 Å². The predicted molar refractivity (Wildman–Crippen MR) is 178 cm³/mol. The number of thiocarbonyl (C=S) groups is 1. The normalized spacial score (nSPS) is 14.3. The van der Waals surface area contributed by atoms with Crippen LogP contribution in [0.1, 0.15) is 42.1 Å². The summed E-state index contributed by atoms with van der Waals surface area (Å²) in [5, 5.41) is 21.9. The van der Waals surface area contributed by atoms with Crippen molar-refractivity contribution >= 4 is 46.2 Å². The Morgan fingerprint density at radius 1 is 1.00 bits per heavy atom. The first-order chi connectivity index (χ1) is 22.4. The number of nitrogens with zero attached hydrogens (tertiary/aromatic N) is 2. The Bertz CT molecular complexity index is 1900. The van der Waals surface area contributed by atoms with Crippen LogP contribution in [0.15, 0.2) is 101 Å². The second kappa shape index (κ2) is 14.8. The number of ether oxygens (including phenoxy) is 3. The van der Waals surface area contributed by atoms with Crippen molar-refractivity contribution in [2.24, 2.45) is 5.10 Å². The van der Waals surface area contributed by atoms with E-state index in [-0.39, 0.29) is 19.8 Å². The van der Waals surface area contributed by atoms with Crippen molar-refractivity contribution in [3.8, 4) is 17.6 Å². The molecule has 0 aliphatic carbocycles. The summed E-state index contributed by atoms with van der Waals surface area (Å²) in [6.07, 6.45) is 1.53. The van der Waals surface area contributed by atoms with E-state index in [1.54, 1.807) is 50.2 Å². The highest BCUT2D eigenvalue weighted by molar-refractivity contribution is 7.80. The lowest BCUT2D eigenvalue weighted by atomic mass is 9.95. The maximum Gasteiger partial charge on any atom is 0.338 e. The van der Waals surface area contributed by atoms with E-state index in [9.17, 15) is 14.9 Å². The molecule has 0 saturated carbocycles. The Balaban J connectivity index is 1.30. The number of amides is 1. The van der Waals surface area contributed by atoms with Gasteiger partial charge in [-0.05, 0) is 55.0 Å². The van der Waals surface area contributed by atoms with Crippen LogP contribution in [0.2, 0.25) is 0 Å². The van der Waals surface area contributed by atoms with Gasteiger partial charge >= 0.3 is 5.97 Å². The van der Waals surface area contributed by atoms with Gasteiger partial charge in [-0.3, -0.25) is 4.79 Å². The van der Waals surface area contributed by atoms with Crippen molar-refractivity contribution in [1.82, 2.24) is 16.1 Å². The number of rotatable bonds is 11. The van der Waals surface area contributed by atoms with Crippen LogP contribution in [0.3, 0.4) is 0 Å². The number of hydrogen-bond acceptors (Lipinski definition) is 8. The van der Waals surface area contributed by atoms with E-state index in [1.807, 2.05) is 48.5 Å². The van der Waals surface area contributed by atoms with Crippen molar-refractivity contribution < 1.29 is 23.8 Å². The lowest BCUT2D eigenvalue weighted by Crippen LogP contribution is -2.45. The summed E-state index contributed by atoms with van der Waals surface area (Å²) in [7, 11) is 0. The third-order valence-electron chi connectivity index (χ3n) is 7.19. The molecule has 0 bridgehead atoms. The van der Waals surface area contributed by atoms with Crippen molar-refractivity contribution in [2.75, 3.05) is 13.2 Å². The lowest BCUT2D eigenvalue weighted by Gasteiger charge is -2.30. The zero-order chi connectivity index (χ0) is 32.5. The van der Waals surface area contributed by atoms with Crippen LogP contribution in [0.4, 0.5) is 0 Å². The van der Waals surface area contributed by atoms with Gasteiger partial charge in [0.25, 0.3) is 5.91 Å². The maximum atomic E-state index is 12.8. The van der Waals surface area contributed by atoms with Crippen LogP contribution >= 0.6 is 12.2 Å². The number of carbonyl (C=O) groups excluding carboxylic acids is 2. The van der Waals surface area contributed by atoms with Gasteiger partial charge in [0.05, 0.1) is 36.1 Å². The largest absolute Gasteiger partial charge is 0.488 e. The number of carbonyl (C=O) groups is 2. The summed E-state index contributed by atoms with van der Waals surface area (Å²) >= 11 is 5.34. The number of esters is 1. The molecule has 3 N–H and O–H groups in total. The highest BCUT2D eigenvalue weighted by Crippen LogP contribution is 2.33. The molecule has 1 aliphatic heterocycles. The minimum atomic E-state index is -0.644. The van der Waals surface area contributed by atoms with Crippen LogP contribution in [0.5, 0.6) is 11.5 Å². The molecule has 46 heavy (non-hydrogen) atoms. The minimum Gasteiger partial charge on any atom is -0.488 e. The molecule has 5 rings (SSSR count). The Morgan fingerprint density at radius 2 is 1.76 bits per heavy atom. The molecule has 0 saturated heterocycles. The summed E-state index contributed by atoms with van der Waals surface area (Å²) in [5.41, 5.74) is 6.03. The smallest absolute Gasteiger partial charge is 0.338 e. The third kappa shape index (κ3) is 7.31. The monoisotopic (exact) mass is 633 g/mol. The molecule has 0 radical (unpaired) electrons. The molecule has 11 heteroatoms. The van der Waals surface area contributed by atoms with Gasteiger partial charge in [-0.25, -0.2) is 10.2 Å². The van der Waals surface area contributed by atoms with E-state index in [2.05, 4.69) is 27.2 Å². The van der Waals surface area contributed by atoms with Crippen molar-refractivity contribution in [3.05, 3.63) is 118 Å². The molecule has 1 amide bonds. The van der Waals surface area contributed by atoms with Crippen LogP contribution in [-0.2, 0) is 20.9 Å². The molecule has 1 atom stereocenters. The molecule has 1 heterocycles. The van der Waals surface area contributed by atoms with Gasteiger partial charge in [0.15, 0.2) is 11.7 Å². The zero-order valence-corrected chi connectivity index (χ0v) is 26.0. The van der Waals surface area contributed by atoms with Crippen molar-refractivity contribution in [1.29, 1.82) is 5.26 Å². The first kappa shape index (κ1) is 31.7. The number of benzene rings is 4. The van der Waals surface area contributed by atoms with Crippen LogP contribution in [-0.4, -0.2) is 36.4 Å². The second-order valence-corrected chi connectivity index (χ2v) is 10.6. The summed E-state index contributed by atoms with van der Waals surface area (Å²) in [6.45, 7) is 3.54. The molecule has 0 unspecified atom stereocenters. The summed E-state index contributed by atoms with van der Waals surface area (Å²) in [5.74, 6) is -0.0492. The number of para-hydroxylation sites is 1. The average molecular weight is 634 g/mol. The number of hydrazone groups is 1. The van der Waals surface area contributed by atoms with Crippen LogP contribution < -0.4 is 25.5 Å². The van der Waals surface area contributed by atoms with Crippen molar-refractivity contribution in [3.63, 3.8) is 0 Å². The number of hydrogen-bond donors (Lipinski definition) is 3. The molecule has 10 nitrogen and oxygen atoms in total. The summed E-state index contributed by atoms with van der Waals surface area (Å²) in [6, 6.07) is 27.4. The second-order valence-electron chi connectivity index (χ2n) is 10.2. The molecule has 4 aromatic carbocycles. The SMILES string of the molecule is CCOC(=O)C1=C(C)NC(=S)N[C@@H]1c1ccccc1OCC(=O)NN=Cc1c(OCc2ccccc2C#N)ccc2ccccc12. The van der Waals surface area contributed by atoms with Gasteiger partial charge in [-0.15, -0.1) is 0 Å². The fraction of sp³-hybridized carbons (Fsp3) is 0.171. The standard InChI is InChI=1S/C35H31N5O5S/c1-3-43-34(42)32-22(2)38-35(46)39-33(32)27-14-8-9-15-29(27)45-21-31(41)40-37-19-28-26-13-7-6-10-23(26)16-17-30(28)44-20-25-12-5-4-11-24(25)18-36/h4-17,19,33H,3,20-21H2,1-2H3,(H,40,41)(H2,38,39,46)/t33-/m1/s1. The van der Waals surface area contributed by atoms with Gasteiger partial charge in [0, 0.05) is 22.4 Å². The van der Waals surface area contributed by atoms with E-state index < -0.39 is 17.9 Å². The van der Waals surface area contributed by atoms with Gasteiger partial charge in [0.1, 0.15) is 18.1 Å². The van der Waals surface area contributed by atoms with E-state index in [1.165, 1.54) is 6.21 Å². The topological polar surface area (TPSA) is 134 Å². The first-order valence-electron chi connectivity index (χ1n) is 14.5. The maximum absolute atomic E-state index is 12.8. The highest BCUT2D eigenvalue weighted by atomic mass is 32.1. The number of allylic oxidation sites excluding steroid dienone is 1. The van der Waals surface area contributed by atoms with Gasteiger partial charge in [-0.1, -0.05) is 66.7 Å². The van der Waals surface area contributed by atoms with Gasteiger partial charge in [0.2, 0.25) is 0 Å². The number of nitrogens with one attached hydrogen (secondary N) is 3. The Morgan fingerprint density at radius 3 is 2.59 bits per heavy atom. The third-order valence-corrected chi connectivity index (χ3v) is 7.41. The van der Waals surface area contributed by atoms with E-state index in [0.717, 1.165) is 16.3 Å². The molecular weight excluding hydrogens is 602 g/mol. The quantitative estimate of drug-likeness (QED) is 0.0885. The van der Waals surface area contributed by atoms with Gasteiger partial charge < -0.3 is 24.8 Å². The molecule has 0 spiro atoms. The predicted octanol–water partition coefficient (Wildman–Crippen LogP) is 5.18. The van der Waals surface area contributed by atoms with E-state index >= 15 is 0 Å². The van der Waals surface area contributed by atoms with E-state index in [4.69, 9.17) is 26.4 Å². The van der Waals surface area contributed by atoms with Gasteiger partial charge in [-0.2, -0.15) is 10.4 Å². The molecule has 1 aliphatic rings. The molecule has 232 valence electrons. The fourth-order valence-corrected chi connectivity index (χ4v) is 5.32. The van der Waals surface area contributed by atoms with Crippen LogP contribution in [0, 0.1) is 11.3 Å². The van der Waals surface area contributed by atoms with Crippen molar-refractivity contribution in [2.45, 2.75) is 26.5 Å². The Hall–Kier alpha value is -5.73. The number of nitriles is 1. The number of fused-ring (bicyclic) bond motifs is 1. The van der Waals surface area contributed by atoms with E-state index in [0.29, 0.717) is 44.6 Å². The van der Waals surface area contributed by atoms with Crippen LogP contribution in [0.25, 0.3) is 10.8 Å². The fourth-order valence-electron chi connectivity index (χ4n) is 5.05.